The average molecular weight is 341 g/mol. The van der Waals surface area contributed by atoms with Gasteiger partial charge in [0.2, 0.25) is 5.91 Å². The number of hydrogen-bond acceptors (Lipinski definition) is 4. The summed E-state index contributed by atoms with van der Waals surface area (Å²) in [6.07, 6.45) is 4.55. The molecule has 1 aromatic rings. The van der Waals surface area contributed by atoms with E-state index in [1.165, 1.54) is 0 Å². The first kappa shape index (κ1) is 17.3. The van der Waals surface area contributed by atoms with Gasteiger partial charge in [0, 0.05) is 5.69 Å². The molecular weight excluding hydrogens is 318 g/mol. The number of hydrogen-bond donors (Lipinski definition) is 1. The minimum absolute atomic E-state index is 0.0511. The number of nitrogens with one attached hydrogen (secondary N) is 1. The molecule has 1 aliphatic carbocycles. The maximum Gasteiger partial charge on any atom is 0.234 e. The van der Waals surface area contributed by atoms with Crippen LogP contribution in [-0.4, -0.2) is 31.1 Å². The first-order valence-electron chi connectivity index (χ1n) is 7.75. The van der Waals surface area contributed by atoms with E-state index in [0.29, 0.717) is 16.3 Å². The van der Waals surface area contributed by atoms with Crippen molar-refractivity contribution in [3.63, 3.8) is 0 Å². The van der Waals surface area contributed by atoms with Crippen molar-refractivity contribution in [3.8, 4) is 0 Å². The van der Waals surface area contributed by atoms with Crippen molar-refractivity contribution in [2.75, 3.05) is 16.8 Å². The van der Waals surface area contributed by atoms with Gasteiger partial charge < -0.3 is 5.32 Å². The number of rotatable bonds is 7. The molecule has 0 radical (unpaired) electrons. The number of benzene rings is 1. The standard InChI is InChI=1S/C16H23NO3S2/c1-2-11-21-12-16(18)17-13-7-9-15(10-8-13)22(19,20)14-5-3-4-6-14/h7-10,14H,2-6,11-12H2,1H3,(H,17,18). The van der Waals surface area contributed by atoms with Crippen molar-refractivity contribution in [3.05, 3.63) is 24.3 Å². The van der Waals surface area contributed by atoms with E-state index in [9.17, 15) is 13.2 Å². The molecule has 0 aromatic heterocycles. The fourth-order valence-electron chi connectivity index (χ4n) is 2.63. The number of thioether (sulfide) groups is 1. The summed E-state index contributed by atoms with van der Waals surface area (Å²) in [4.78, 5) is 12.1. The van der Waals surface area contributed by atoms with Crippen LogP contribution in [0, 0.1) is 0 Å². The highest BCUT2D eigenvalue weighted by Crippen LogP contribution is 2.30. The lowest BCUT2D eigenvalue weighted by Crippen LogP contribution is -2.18. The van der Waals surface area contributed by atoms with Crippen LogP contribution in [0.4, 0.5) is 5.69 Å². The Morgan fingerprint density at radius 1 is 1.23 bits per heavy atom. The molecular formula is C16H23NO3S2. The molecule has 1 aliphatic rings. The molecule has 0 aliphatic heterocycles. The molecule has 4 nitrogen and oxygen atoms in total. The van der Waals surface area contributed by atoms with Gasteiger partial charge >= 0.3 is 0 Å². The zero-order valence-electron chi connectivity index (χ0n) is 12.9. The maximum atomic E-state index is 12.5. The van der Waals surface area contributed by atoms with Gasteiger partial charge in [-0.15, -0.1) is 0 Å². The summed E-state index contributed by atoms with van der Waals surface area (Å²) < 4.78 is 24.9. The third-order valence-corrected chi connectivity index (χ3v) is 7.23. The van der Waals surface area contributed by atoms with Crippen LogP contribution in [0.2, 0.25) is 0 Å². The van der Waals surface area contributed by atoms with Gasteiger partial charge in [-0.3, -0.25) is 4.79 Å². The molecule has 0 spiro atoms. The quantitative estimate of drug-likeness (QED) is 0.771. The largest absolute Gasteiger partial charge is 0.325 e. The van der Waals surface area contributed by atoms with Crippen molar-refractivity contribution in [1.29, 1.82) is 0 Å². The zero-order valence-corrected chi connectivity index (χ0v) is 14.5. The average Bonchev–Trinajstić information content (AvgIpc) is 3.03. The van der Waals surface area contributed by atoms with Gasteiger partial charge in [-0.25, -0.2) is 8.42 Å². The second kappa shape index (κ2) is 8.02. The molecule has 1 amide bonds. The third-order valence-electron chi connectivity index (χ3n) is 3.79. The Bertz CT molecular complexity index is 590. The second-order valence-electron chi connectivity index (χ2n) is 5.58. The first-order valence-corrected chi connectivity index (χ1v) is 10.5. The second-order valence-corrected chi connectivity index (χ2v) is 8.91. The fraction of sp³-hybridized carbons (Fsp3) is 0.562. The molecule has 1 N–H and O–H groups in total. The van der Waals surface area contributed by atoms with Crippen LogP contribution in [0.5, 0.6) is 0 Å². The van der Waals surface area contributed by atoms with Gasteiger partial charge in [0.05, 0.1) is 15.9 Å². The minimum atomic E-state index is -3.22. The molecule has 0 bridgehead atoms. The van der Waals surface area contributed by atoms with E-state index in [4.69, 9.17) is 0 Å². The Morgan fingerprint density at radius 2 is 1.86 bits per heavy atom. The van der Waals surface area contributed by atoms with E-state index < -0.39 is 9.84 Å². The Labute approximate surface area is 137 Å². The Balaban J connectivity index is 1.96. The molecule has 1 saturated carbocycles. The lowest BCUT2D eigenvalue weighted by atomic mass is 10.3. The highest BCUT2D eigenvalue weighted by molar-refractivity contribution is 7.99. The van der Waals surface area contributed by atoms with Crippen molar-refractivity contribution < 1.29 is 13.2 Å². The van der Waals surface area contributed by atoms with Crippen LogP contribution >= 0.6 is 11.8 Å². The van der Waals surface area contributed by atoms with E-state index in [2.05, 4.69) is 12.2 Å². The summed E-state index contributed by atoms with van der Waals surface area (Å²) in [6.45, 7) is 2.08. The van der Waals surface area contributed by atoms with E-state index >= 15 is 0 Å². The summed E-state index contributed by atoms with van der Waals surface area (Å²) in [5.41, 5.74) is 0.646. The summed E-state index contributed by atoms with van der Waals surface area (Å²) in [6, 6.07) is 6.54. The Kier molecular flexibility index (Phi) is 6.32. The first-order chi connectivity index (χ1) is 10.5. The molecule has 122 valence electrons. The molecule has 0 heterocycles. The minimum Gasteiger partial charge on any atom is -0.325 e. The highest BCUT2D eigenvalue weighted by atomic mass is 32.2. The van der Waals surface area contributed by atoms with Crippen molar-refractivity contribution in [1.82, 2.24) is 0 Å². The normalized spacial score (nSPS) is 15.9. The van der Waals surface area contributed by atoms with Crippen LogP contribution in [0.25, 0.3) is 0 Å². The van der Waals surface area contributed by atoms with Gasteiger partial charge in [-0.2, -0.15) is 11.8 Å². The number of sulfone groups is 1. The summed E-state index contributed by atoms with van der Waals surface area (Å²) in [5.74, 6) is 1.34. The molecule has 22 heavy (non-hydrogen) atoms. The van der Waals surface area contributed by atoms with E-state index in [-0.39, 0.29) is 11.2 Å². The number of carbonyl (C=O) groups is 1. The molecule has 0 saturated heterocycles. The van der Waals surface area contributed by atoms with E-state index in [0.717, 1.165) is 37.9 Å². The lowest BCUT2D eigenvalue weighted by molar-refractivity contribution is -0.113. The van der Waals surface area contributed by atoms with E-state index in [1.54, 1.807) is 36.0 Å². The maximum absolute atomic E-state index is 12.5. The molecule has 2 rings (SSSR count). The smallest absolute Gasteiger partial charge is 0.234 e. The van der Waals surface area contributed by atoms with Crippen molar-refractivity contribution in [2.45, 2.75) is 49.2 Å². The van der Waals surface area contributed by atoms with Gasteiger partial charge in [-0.1, -0.05) is 19.8 Å². The summed E-state index contributed by atoms with van der Waals surface area (Å²) in [5, 5.41) is 2.56. The third kappa shape index (κ3) is 4.49. The molecule has 1 aromatic carbocycles. The molecule has 1 fully saturated rings. The van der Waals surface area contributed by atoms with Crippen LogP contribution in [0.3, 0.4) is 0 Å². The molecule has 0 unspecified atom stereocenters. The molecule has 0 atom stereocenters. The summed E-state index contributed by atoms with van der Waals surface area (Å²) in [7, 11) is -3.22. The number of carbonyl (C=O) groups excluding carboxylic acids is 1. The Morgan fingerprint density at radius 3 is 2.45 bits per heavy atom. The van der Waals surface area contributed by atoms with Gasteiger partial charge in [0.15, 0.2) is 9.84 Å². The van der Waals surface area contributed by atoms with Crippen LogP contribution in [0.15, 0.2) is 29.2 Å². The topological polar surface area (TPSA) is 63.2 Å². The molecule has 6 heteroatoms. The van der Waals surface area contributed by atoms with Crippen LogP contribution in [-0.2, 0) is 14.6 Å². The monoisotopic (exact) mass is 341 g/mol. The van der Waals surface area contributed by atoms with Crippen molar-refractivity contribution in [2.24, 2.45) is 0 Å². The lowest BCUT2D eigenvalue weighted by Gasteiger charge is -2.12. The Hall–Kier alpha value is -1.01. The fourth-order valence-corrected chi connectivity index (χ4v) is 5.17. The zero-order chi connectivity index (χ0) is 16.0. The summed E-state index contributed by atoms with van der Waals surface area (Å²) >= 11 is 1.60. The van der Waals surface area contributed by atoms with Gasteiger partial charge in [-0.05, 0) is 49.3 Å². The van der Waals surface area contributed by atoms with Gasteiger partial charge in [0.25, 0.3) is 0 Å². The van der Waals surface area contributed by atoms with Gasteiger partial charge in [0.1, 0.15) is 0 Å². The van der Waals surface area contributed by atoms with Crippen LogP contribution in [0.1, 0.15) is 39.0 Å². The van der Waals surface area contributed by atoms with Crippen LogP contribution < -0.4 is 5.32 Å². The van der Waals surface area contributed by atoms with E-state index in [1.807, 2.05) is 0 Å². The highest BCUT2D eigenvalue weighted by Gasteiger charge is 2.30. The number of anilines is 1. The number of amides is 1. The SMILES string of the molecule is CCCSCC(=O)Nc1ccc(S(=O)(=O)C2CCCC2)cc1. The predicted molar refractivity (Wildman–Crippen MR) is 92.1 cm³/mol. The van der Waals surface area contributed by atoms with Crippen molar-refractivity contribution >= 4 is 33.2 Å². The predicted octanol–water partition coefficient (Wildman–Crippen LogP) is 3.48.